The number of alkyl halides is 1. The molecule has 2 aromatic heterocycles. The first kappa shape index (κ1) is 12.7. The second kappa shape index (κ2) is 4.67. The van der Waals surface area contributed by atoms with E-state index in [1.54, 1.807) is 7.11 Å². The standard InChI is InChI=1S/C14H18ClN3O/c1-3-14(7-4-8-14)18-11(9-15)16-10-5-6-12(19-2)17-13(10)18/h5-6H,3-4,7-9H2,1-2H3. The first-order valence-corrected chi connectivity index (χ1v) is 7.26. The lowest BCUT2D eigenvalue weighted by Gasteiger charge is -2.43. The summed E-state index contributed by atoms with van der Waals surface area (Å²) in [6.07, 6.45) is 4.70. The average molecular weight is 280 g/mol. The van der Waals surface area contributed by atoms with Gasteiger partial charge in [0, 0.05) is 11.6 Å². The van der Waals surface area contributed by atoms with Crippen molar-refractivity contribution in [2.45, 2.75) is 44.0 Å². The molecule has 0 spiro atoms. The molecule has 3 rings (SSSR count). The van der Waals surface area contributed by atoms with Crippen LogP contribution in [-0.4, -0.2) is 21.6 Å². The highest BCUT2D eigenvalue weighted by Crippen LogP contribution is 2.44. The number of hydrogen-bond acceptors (Lipinski definition) is 3. The second-order valence-electron chi connectivity index (χ2n) is 5.12. The molecule has 1 saturated carbocycles. The summed E-state index contributed by atoms with van der Waals surface area (Å²) in [5.41, 5.74) is 1.95. The monoisotopic (exact) mass is 279 g/mol. The Morgan fingerprint density at radius 2 is 2.16 bits per heavy atom. The van der Waals surface area contributed by atoms with Crippen molar-refractivity contribution in [3.8, 4) is 5.88 Å². The molecule has 5 heteroatoms. The van der Waals surface area contributed by atoms with Gasteiger partial charge in [-0.1, -0.05) is 6.92 Å². The summed E-state index contributed by atoms with van der Waals surface area (Å²) >= 11 is 6.08. The summed E-state index contributed by atoms with van der Waals surface area (Å²) in [6, 6.07) is 3.80. The van der Waals surface area contributed by atoms with Gasteiger partial charge in [-0.05, 0) is 31.7 Å². The first-order chi connectivity index (χ1) is 9.24. The predicted octanol–water partition coefficient (Wildman–Crippen LogP) is 3.47. The molecule has 0 saturated heterocycles. The maximum Gasteiger partial charge on any atom is 0.215 e. The third-order valence-electron chi connectivity index (χ3n) is 4.29. The van der Waals surface area contributed by atoms with Crippen LogP contribution >= 0.6 is 11.6 Å². The number of fused-ring (bicyclic) bond motifs is 1. The van der Waals surface area contributed by atoms with Crippen LogP contribution < -0.4 is 4.74 Å². The van der Waals surface area contributed by atoms with Crippen LogP contribution in [0.1, 0.15) is 38.4 Å². The van der Waals surface area contributed by atoms with E-state index in [4.69, 9.17) is 16.3 Å². The lowest BCUT2D eigenvalue weighted by atomic mass is 9.74. The molecule has 2 heterocycles. The molecule has 0 unspecified atom stereocenters. The molecule has 0 bridgehead atoms. The maximum absolute atomic E-state index is 6.08. The number of nitrogens with zero attached hydrogens (tertiary/aromatic N) is 3. The number of rotatable bonds is 4. The van der Waals surface area contributed by atoms with E-state index >= 15 is 0 Å². The number of imidazole rings is 1. The number of aromatic nitrogens is 3. The minimum Gasteiger partial charge on any atom is -0.481 e. The van der Waals surface area contributed by atoms with E-state index < -0.39 is 0 Å². The summed E-state index contributed by atoms with van der Waals surface area (Å²) in [4.78, 5) is 9.19. The molecule has 1 aliphatic rings. The van der Waals surface area contributed by atoms with E-state index in [1.807, 2.05) is 12.1 Å². The van der Waals surface area contributed by atoms with Gasteiger partial charge in [-0.2, -0.15) is 4.98 Å². The smallest absolute Gasteiger partial charge is 0.215 e. The van der Waals surface area contributed by atoms with Gasteiger partial charge in [-0.15, -0.1) is 11.6 Å². The Hall–Kier alpha value is -1.29. The number of hydrogen-bond donors (Lipinski definition) is 0. The van der Waals surface area contributed by atoms with Crippen LogP contribution in [0.5, 0.6) is 5.88 Å². The van der Waals surface area contributed by atoms with Crippen LogP contribution in [0.25, 0.3) is 11.2 Å². The zero-order valence-electron chi connectivity index (χ0n) is 11.3. The predicted molar refractivity (Wildman–Crippen MR) is 75.8 cm³/mol. The summed E-state index contributed by atoms with van der Waals surface area (Å²) in [5.74, 6) is 1.96. The molecule has 0 aromatic carbocycles. The van der Waals surface area contributed by atoms with Gasteiger partial charge in [0.05, 0.1) is 13.0 Å². The van der Waals surface area contributed by atoms with Gasteiger partial charge in [0.2, 0.25) is 5.88 Å². The van der Waals surface area contributed by atoms with Crippen molar-refractivity contribution >= 4 is 22.8 Å². The molecular weight excluding hydrogens is 262 g/mol. The van der Waals surface area contributed by atoms with Gasteiger partial charge in [0.1, 0.15) is 11.3 Å². The molecule has 19 heavy (non-hydrogen) atoms. The van der Waals surface area contributed by atoms with Crippen molar-refractivity contribution in [1.29, 1.82) is 0 Å². The Kier molecular flexibility index (Phi) is 3.13. The lowest BCUT2D eigenvalue weighted by Crippen LogP contribution is -2.41. The SMILES string of the molecule is CCC1(n2c(CCl)nc3ccc(OC)nc32)CCC1. The normalized spacial score (nSPS) is 17.4. The van der Waals surface area contributed by atoms with Crippen molar-refractivity contribution in [3.63, 3.8) is 0 Å². The van der Waals surface area contributed by atoms with Crippen molar-refractivity contribution in [1.82, 2.24) is 14.5 Å². The molecule has 0 radical (unpaired) electrons. The van der Waals surface area contributed by atoms with E-state index in [-0.39, 0.29) is 5.54 Å². The molecule has 2 aromatic rings. The molecular formula is C14H18ClN3O. The Morgan fingerprint density at radius 1 is 1.37 bits per heavy atom. The van der Waals surface area contributed by atoms with E-state index in [0.717, 1.165) is 23.4 Å². The highest BCUT2D eigenvalue weighted by atomic mass is 35.5. The van der Waals surface area contributed by atoms with Crippen molar-refractivity contribution < 1.29 is 4.74 Å². The van der Waals surface area contributed by atoms with Gasteiger partial charge in [-0.3, -0.25) is 0 Å². The van der Waals surface area contributed by atoms with Crippen molar-refractivity contribution in [2.75, 3.05) is 7.11 Å². The first-order valence-electron chi connectivity index (χ1n) is 6.73. The summed E-state index contributed by atoms with van der Waals surface area (Å²) < 4.78 is 7.48. The van der Waals surface area contributed by atoms with E-state index in [2.05, 4.69) is 21.5 Å². The highest BCUT2D eigenvalue weighted by Gasteiger charge is 2.39. The molecule has 1 aliphatic carbocycles. The summed E-state index contributed by atoms with van der Waals surface area (Å²) in [5, 5.41) is 0. The number of pyridine rings is 1. The molecule has 102 valence electrons. The fourth-order valence-electron chi connectivity index (χ4n) is 3.01. The van der Waals surface area contributed by atoms with Gasteiger partial charge in [-0.25, -0.2) is 4.98 Å². The zero-order valence-corrected chi connectivity index (χ0v) is 12.1. The third-order valence-corrected chi connectivity index (χ3v) is 4.53. The quantitative estimate of drug-likeness (QED) is 0.805. The minimum atomic E-state index is 0.151. The molecule has 4 nitrogen and oxygen atoms in total. The fourth-order valence-corrected chi connectivity index (χ4v) is 3.19. The van der Waals surface area contributed by atoms with Crippen LogP contribution in [0.2, 0.25) is 0 Å². The van der Waals surface area contributed by atoms with Crippen LogP contribution in [0, 0.1) is 0 Å². The second-order valence-corrected chi connectivity index (χ2v) is 5.39. The van der Waals surface area contributed by atoms with E-state index in [1.165, 1.54) is 19.3 Å². The van der Waals surface area contributed by atoms with Crippen LogP contribution in [0.4, 0.5) is 0 Å². The molecule has 0 aliphatic heterocycles. The average Bonchev–Trinajstić information content (AvgIpc) is 2.76. The molecule has 0 N–H and O–H groups in total. The largest absolute Gasteiger partial charge is 0.481 e. The van der Waals surface area contributed by atoms with E-state index in [0.29, 0.717) is 11.8 Å². The van der Waals surface area contributed by atoms with Crippen LogP contribution in [0.15, 0.2) is 12.1 Å². The van der Waals surface area contributed by atoms with Gasteiger partial charge >= 0.3 is 0 Å². The lowest BCUT2D eigenvalue weighted by molar-refractivity contribution is 0.137. The third kappa shape index (κ3) is 1.81. The van der Waals surface area contributed by atoms with Gasteiger partial charge < -0.3 is 9.30 Å². The fraction of sp³-hybridized carbons (Fsp3) is 0.571. The zero-order chi connectivity index (χ0) is 13.5. The maximum atomic E-state index is 6.08. The Morgan fingerprint density at radius 3 is 2.68 bits per heavy atom. The Labute approximate surface area is 117 Å². The van der Waals surface area contributed by atoms with Crippen LogP contribution in [-0.2, 0) is 11.4 Å². The number of ether oxygens (including phenoxy) is 1. The molecule has 0 amide bonds. The number of halogens is 1. The number of methoxy groups -OCH3 is 1. The Bertz CT molecular complexity index is 598. The highest BCUT2D eigenvalue weighted by molar-refractivity contribution is 6.16. The summed E-state index contributed by atoms with van der Waals surface area (Å²) in [6.45, 7) is 2.23. The van der Waals surface area contributed by atoms with Crippen molar-refractivity contribution in [2.24, 2.45) is 0 Å². The summed E-state index contributed by atoms with van der Waals surface area (Å²) in [7, 11) is 1.64. The molecule has 1 fully saturated rings. The minimum absolute atomic E-state index is 0.151. The molecule has 0 atom stereocenters. The van der Waals surface area contributed by atoms with Gasteiger partial charge in [0.15, 0.2) is 5.65 Å². The van der Waals surface area contributed by atoms with Gasteiger partial charge in [0.25, 0.3) is 0 Å². The topological polar surface area (TPSA) is 39.9 Å². The van der Waals surface area contributed by atoms with Crippen LogP contribution in [0.3, 0.4) is 0 Å². The van der Waals surface area contributed by atoms with E-state index in [9.17, 15) is 0 Å². The Balaban J connectivity index is 2.24. The van der Waals surface area contributed by atoms with Crippen molar-refractivity contribution in [3.05, 3.63) is 18.0 Å².